The summed E-state index contributed by atoms with van der Waals surface area (Å²) in [6, 6.07) is 3.49. The number of piperidine rings is 1. The number of likely N-dealkylation sites (tertiary alicyclic amines) is 2. The first-order valence-electron chi connectivity index (χ1n) is 8.65. The molecule has 3 nitrogen and oxygen atoms in total. The van der Waals surface area contributed by atoms with E-state index in [9.17, 15) is 0 Å². The Hall–Kier alpha value is -0.120. The standard InChI is InChI=1S/C16H29N3/c1-2-10-19(16(5-1)15-4-3-9-17-15)14-8-11-18(12-14)13-6-7-13/h13-17H,1-12H2. The molecule has 3 aliphatic heterocycles. The summed E-state index contributed by atoms with van der Waals surface area (Å²) in [4.78, 5) is 5.69. The highest BCUT2D eigenvalue weighted by atomic mass is 15.3. The fourth-order valence-electron chi connectivity index (χ4n) is 4.72. The van der Waals surface area contributed by atoms with Crippen LogP contribution in [0.5, 0.6) is 0 Å². The molecule has 3 atom stereocenters. The minimum absolute atomic E-state index is 0.801. The third-order valence-electron chi connectivity index (χ3n) is 5.88. The van der Waals surface area contributed by atoms with E-state index in [4.69, 9.17) is 0 Å². The molecule has 3 unspecified atom stereocenters. The Labute approximate surface area is 117 Å². The molecule has 4 fully saturated rings. The van der Waals surface area contributed by atoms with E-state index in [0.717, 1.165) is 24.2 Å². The second kappa shape index (κ2) is 5.34. The molecule has 0 aromatic heterocycles. The quantitative estimate of drug-likeness (QED) is 0.838. The third-order valence-corrected chi connectivity index (χ3v) is 5.88. The number of nitrogens with one attached hydrogen (secondary N) is 1. The van der Waals surface area contributed by atoms with E-state index in [1.807, 2.05) is 0 Å². The molecule has 0 amide bonds. The van der Waals surface area contributed by atoms with Crippen molar-refractivity contribution in [1.29, 1.82) is 0 Å². The molecule has 108 valence electrons. The van der Waals surface area contributed by atoms with Gasteiger partial charge in [-0.1, -0.05) is 6.42 Å². The molecule has 3 heteroatoms. The van der Waals surface area contributed by atoms with Gasteiger partial charge in [0.05, 0.1) is 0 Å². The fraction of sp³-hybridized carbons (Fsp3) is 1.00. The van der Waals surface area contributed by atoms with Crippen molar-refractivity contribution < 1.29 is 0 Å². The van der Waals surface area contributed by atoms with Crippen molar-refractivity contribution in [2.75, 3.05) is 26.2 Å². The van der Waals surface area contributed by atoms with Gasteiger partial charge in [0.2, 0.25) is 0 Å². The summed E-state index contributed by atoms with van der Waals surface area (Å²) in [5.74, 6) is 0. The maximum Gasteiger partial charge on any atom is 0.0252 e. The topological polar surface area (TPSA) is 18.5 Å². The van der Waals surface area contributed by atoms with E-state index >= 15 is 0 Å². The van der Waals surface area contributed by atoms with Gasteiger partial charge in [-0.2, -0.15) is 0 Å². The van der Waals surface area contributed by atoms with Gasteiger partial charge in [-0.3, -0.25) is 9.80 Å². The first-order valence-corrected chi connectivity index (χ1v) is 8.65. The van der Waals surface area contributed by atoms with Crippen molar-refractivity contribution in [3.8, 4) is 0 Å². The maximum absolute atomic E-state index is 3.77. The van der Waals surface area contributed by atoms with E-state index in [1.165, 1.54) is 77.5 Å². The van der Waals surface area contributed by atoms with Crippen LogP contribution in [0.1, 0.15) is 51.4 Å². The average Bonchev–Trinajstić information content (AvgIpc) is 2.97. The van der Waals surface area contributed by atoms with Crippen LogP contribution in [0.25, 0.3) is 0 Å². The Balaban J connectivity index is 1.41. The second-order valence-electron chi connectivity index (χ2n) is 7.17. The van der Waals surface area contributed by atoms with Crippen LogP contribution in [0, 0.1) is 0 Å². The fourth-order valence-corrected chi connectivity index (χ4v) is 4.72. The van der Waals surface area contributed by atoms with Gasteiger partial charge in [-0.25, -0.2) is 0 Å². The monoisotopic (exact) mass is 263 g/mol. The Morgan fingerprint density at radius 2 is 1.74 bits per heavy atom. The largest absolute Gasteiger partial charge is 0.312 e. The zero-order chi connectivity index (χ0) is 12.7. The Kier molecular flexibility index (Phi) is 3.55. The van der Waals surface area contributed by atoms with Crippen LogP contribution < -0.4 is 5.32 Å². The third kappa shape index (κ3) is 2.57. The van der Waals surface area contributed by atoms with Crippen molar-refractivity contribution >= 4 is 0 Å². The normalized spacial score (nSPS) is 42.0. The zero-order valence-corrected chi connectivity index (χ0v) is 12.2. The van der Waals surface area contributed by atoms with Gasteiger partial charge in [-0.05, 0) is 58.0 Å². The van der Waals surface area contributed by atoms with E-state index in [0.29, 0.717) is 0 Å². The van der Waals surface area contributed by atoms with Crippen LogP contribution >= 0.6 is 0 Å². The molecule has 0 aromatic carbocycles. The molecule has 1 saturated carbocycles. The number of hydrogen-bond acceptors (Lipinski definition) is 3. The molecule has 4 rings (SSSR count). The molecule has 0 spiro atoms. The van der Waals surface area contributed by atoms with Crippen molar-refractivity contribution in [3.63, 3.8) is 0 Å². The average molecular weight is 263 g/mol. The van der Waals surface area contributed by atoms with Crippen molar-refractivity contribution in [3.05, 3.63) is 0 Å². The summed E-state index contributed by atoms with van der Waals surface area (Å²) >= 11 is 0. The summed E-state index contributed by atoms with van der Waals surface area (Å²) in [6.45, 7) is 5.37. The lowest BCUT2D eigenvalue weighted by molar-refractivity contribution is 0.0751. The Bertz CT molecular complexity index is 309. The van der Waals surface area contributed by atoms with Gasteiger partial charge in [0.25, 0.3) is 0 Å². The summed E-state index contributed by atoms with van der Waals surface area (Å²) in [7, 11) is 0. The van der Waals surface area contributed by atoms with Gasteiger partial charge in [0.15, 0.2) is 0 Å². The predicted molar refractivity (Wildman–Crippen MR) is 78.4 cm³/mol. The molecule has 3 saturated heterocycles. The lowest BCUT2D eigenvalue weighted by atomic mass is 9.92. The minimum Gasteiger partial charge on any atom is -0.312 e. The zero-order valence-electron chi connectivity index (χ0n) is 12.2. The van der Waals surface area contributed by atoms with Crippen molar-refractivity contribution in [2.45, 2.75) is 75.5 Å². The summed E-state index contributed by atoms with van der Waals surface area (Å²) in [5.41, 5.74) is 0. The highest BCUT2D eigenvalue weighted by molar-refractivity contribution is 4.98. The molecule has 4 aliphatic rings. The highest BCUT2D eigenvalue weighted by Crippen LogP contribution is 2.34. The van der Waals surface area contributed by atoms with Gasteiger partial charge in [-0.15, -0.1) is 0 Å². The summed E-state index contributed by atoms with van der Waals surface area (Å²) < 4.78 is 0. The van der Waals surface area contributed by atoms with E-state index in [-0.39, 0.29) is 0 Å². The van der Waals surface area contributed by atoms with E-state index in [1.54, 1.807) is 0 Å². The Morgan fingerprint density at radius 3 is 2.53 bits per heavy atom. The smallest absolute Gasteiger partial charge is 0.0252 e. The number of hydrogen-bond donors (Lipinski definition) is 1. The molecule has 1 N–H and O–H groups in total. The van der Waals surface area contributed by atoms with Crippen LogP contribution in [-0.2, 0) is 0 Å². The molecular weight excluding hydrogens is 234 g/mol. The first kappa shape index (κ1) is 12.6. The van der Waals surface area contributed by atoms with Crippen LogP contribution in [0.4, 0.5) is 0 Å². The Morgan fingerprint density at radius 1 is 0.789 bits per heavy atom. The van der Waals surface area contributed by atoms with Gasteiger partial charge in [0.1, 0.15) is 0 Å². The van der Waals surface area contributed by atoms with Crippen LogP contribution in [0.2, 0.25) is 0 Å². The van der Waals surface area contributed by atoms with Crippen LogP contribution in [0.15, 0.2) is 0 Å². The molecule has 0 aromatic rings. The lowest BCUT2D eigenvalue weighted by Gasteiger charge is -2.43. The summed E-state index contributed by atoms with van der Waals surface area (Å²) in [5, 5.41) is 3.77. The highest BCUT2D eigenvalue weighted by Gasteiger charge is 2.40. The SMILES string of the molecule is C1CNC(C2CCCCN2C2CCN(C3CC3)C2)C1. The van der Waals surface area contributed by atoms with Gasteiger partial charge < -0.3 is 5.32 Å². The number of rotatable bonds is 3. The number of nitrogens with zero attached hydrogens (tertiary/aromatic N) is 2. The molecule has 1 aliphatic carbocycles. The van der Waals surface area contributed by atoms with E-state index < -0.39 is 0 Å². The lowest BCUT2D eigenvalue weighted by Crippen LogP contribution is -2.54. The van der Waals surface area contributed by atoms with Gasteiger partial charge >= 0.3 is 0 Å². The summed E-state index contributed by atoms with van der Waals surface area (Å²) in [6.07, 6.45) is 11.5. The van der Waals surface area contributed by atoms with Crippen LogP contribution in [-0.4, -0.2) is 60.1 Å². The molecule has 0 radical (unpaired) electrons. The van der Waals surface area contributed by atoms with E-state index in [2.05, 4.69) is 15.1 Å². The van der Waals surface area contributed by atoms with Gasteiger partial charge in [0, 0.05) is 37.3 Å². The second-order valence-corrected chi connectivity index (χ2v) is 7.17. The molecular formula is C16H29N3. The minimum atomic E-state index is 0.801. The van der Waals surface area contributed by atoms with Crippen molar-refractivity contribution in [2.24, 2.45) is 0 Å². The molecule has 3 heterocycles. The molecule has 0 bridgehead atoms. The predicted octanol–water partition coefficient (Wildman–Crippen LogP) is 1.83. The maximum atomic E-state index is 3.77. The van der Waals surface area contributed by atoms with Crippen molar-refractivity contribution in [1.82, 2.24) is 15.1 Å². The van der Waals surface area contributed by atoms with Crippen LogP contribution in [0.3, 0.4) is 0 Å². The first-order chi connectivity index (χ1) is 9.42. The molecule has 19 heavy (non-hydrogen) atoms.